The highest BCUT2D eigenvalue weighted by atomic mass is 35.5. The molecule has 0 fully saturated rings. The number of halogens is 1. The van der Waals surface area contributed by atoms with E-state index in [0.29, 0.717) is 22.4 Å². The zero-order valence-electron chi connectivity index (χ0n) is 14.9. The molecule has 1 amide bonds. The van der Waals surface area contributed by atoms with Gasteiger partial charge in [-0.1, -0.05) is 29.8 Å². The number of hydrogen-bond acceptors (Lipinski definition) is 5. The fourth-order valence-electron chi connectivity index (χ4n) is 2.35. The van der Waals surface area contributed by atoms with Gasteiger partial charge in [-0.25, -0.2) is 9.97 Å². The van der Waals surface area contributed by atoms with E-state index in [9.17, 15) is 4.79 Å². The Balaban J connectivity index is 1.76. The zero-order valence-corrected chi connectivity index (χ0v) is 15.7. The van der Waals surface area contributed by atoms with Crippen LogP contribution in [0.25, 0.3) is 0 Å². The summed E-state index contributed by atoms with van der Waals surface area (Å²) in [7, 11) is 0. The summed E-state index contributed by atoms with van der Waals surface area (Å²) in [5.74, 6) is 0.551. The van der Waals surface area contributed by atoms with Crippen LogP contribution in [0.4, 0.5) is 17.3 Å². The molecule has 0 aliphatic carbocycles. The van der Waals surface area contributed by atoms with Crippen molar-refractivity contribution < 1.29 is 9.53 Å². The van der Waals surface area contributed by atoms with Gasteiger partial charge in [0.25, 0.3) is 5.91 Å². The number of ether oxygens (including phenoxy) is 1. The summed E-state index contributed by atoms with van der Waals surface area (Å²) in [6, 6.07) is 16.0. The van der Waals surface area contributed by atoms with Crippen LogP contribution in [0.3, 0.4) is 0 Å². The maximum absolute atomic E-state index is 12.6. The summed E-state index contributed by atoms with van der Waals surface area (Å²) in [6.07, 6.45) is 1.52. The fraction of sp³-hybridized carbons (Fsp3) is 0.150. The number of benzene rings is 2. The molecule has 0 unspecified atom stereocenters. The molecule has 3 aromatic rings. The lowest BCUT2D eigenvalue weighted by atomic mass is 10.2. The molecule has 2 N–H and O–H groups in total. The van der Waals surface area contributed by atoms with Crippen molar-refractivity contribution >= 4 is 34.8 Å². The average Bonchev–Trinajstić information content (AvgIpc) is 2.63. The molecule has 2 aromatic carbocycles. The van der Waals surface area contributed by atoms with E-state index >= 15 is 0 Å². The van der Waals surface area contributed by atoms with Crippen LogP contribution in [-0.2, 0) is 0 Å². The number of para-hydroxylation sites is 2. The van der Waals surface area contributed by atoms with Crippen LogP contribution >= 0.6 is 11.6 Å². The summed E-state index contributed by atoms with van der Waals surface area (Å²) >= 11 is 5.98. The SMILES string of the molecule is CC(C)Oc1ccccc1NC(=O)c1ccnc(Nc2cccc(Cl)c2)n1. The van der Waals surface area contributed by atoms with E-state index in [2.05, 4.69) is 20.6 Å². The summed E-state index contributed by atoms with van der Waals surface area (Å²) in [6.45, 7) is 3.85. The number of aromatic nitrogens is 2. The molecule has 3 rings (SSSR count). The Kier molecular flexibility index (Phi) is 5.88. The third-order valence-electron chi connectivity index (χ3n) is 3.47. The number of hydrogen-bond donors (Lipinski definition) is 2. The van der Waals surface area contributed by atoms with Crippen molar-refractivity contribution in [1.29, 1.82) is 0 Å². The van der Waals surface area contributed by atoms with Gasteiger partial charge in [-0.3, -0.25) is 4.79 Å². The summed E-state index contributed by atoms with van der Waals surface area (Å²) in [5, 5.41) is 6.45. The standard InChI is InChI=1S/C20H19ClN4O2/c1-13(2)27-18-9-4-3-8-16(18)24-19(26)17-10-11-22-20(25-17)23-15-7-5-6-14(21)12-15/h3-13H,1-2H3,(H,24,26)(H,22,23,25). The third kappa shape index (κ3) is 5.18. The number of nitrogens with one attached hydrogen (secondary N) is 2. The minimum atomic E-state index is -0.355. The first-order valence-electron chi connectivity index (χ1n) is 8.44. The van der Waals surface area contributed by atoms with Crippen molar-refractivity contribution in [2.24, 2.45) is 0 Å². The molecule has 0 aliphatic heterocycles. The van der Waals surface area contributed by atoms with Crippen molar-refractivity contribution in [3.8, 4) is 5.75 Å². The molecule has 6 nitrogen and oxygen atoms in total. The van der Waals surface area contributed by atoms with E-state index in [1.165, 1.54) is 6.20 Å². The first-order chi connectivity index (χ1) is 13.0. The quantitative estimate of drug-likeness (QED) is 0.633. The van der Waals surface area contributed by atoms with E-state index in [-0.39, 0.29) is 17.7 Å². The molecule has 27 heavy (non-hydrogen) atoms. The molecular weight excluding hydrogens is 364 g/mol. The Morgan fingerprint density at radius 3 is 2.70 bits per heavy atom. The highest BCUT2D eigenvalue weighted by Gasteiger charge is 2.13. The van der Waals surface area contributed by atoms with Crippen LogP contribution in [0, 0.1) is 0 Å². The Morgan fingerprint density at radius 2 is 1.93 bits per heavy atom. The van der Waals surface area contributed by atoms with E-state index in [0.717, 1.165) is 5.69 Å². The van der Waals surface area contributed by atoms with Gasteiger partial charge < -0.3 is 15.4 Å². The molecule has 0 saturated heterocycles. The topological polar surface area (TPSA) is 76.1 Å². The van der Waals surface area contributed by atoms with E-state index in [4.69, 9.17) is 16.3 Å². The largest absolute Gasteiger partial charge is 0.489 e. The van der Waals surface area contributed by atoms with E-state index < -0.39 is 0 Å². The minimum absolute atomic E-state index is 0.00407. The predicted octanol–water partition coefficient (Wildman–Crippen LogP) is 4.91. The van der Waals surface area contributed by atoms with Gasteiger partial charge >= 0.3 is 0 Å². The predicted molar refractivity (Wildman–Crippen MR) is 107 cm³/mol. The maximum Gasteiger partial charge on any atom is 0.274 e. The van der Waals surface area contributed by atoms with E-state index in [1.54, 1.807) is 24.3 Å². The molecule has 0 spiro atoms. The van der Waals surface area contributed by atoms with Gasteiger partial charge in [-0.15, -0.1) is 0 Å². The first kappa shape index (κ1) is 18.7. The van der Waals surface area contributed by atoms with Crippen LogP contribution in [0.5, 0.6) is 5.75 Å². The van der Waals surface area contributed by atoms with Gasteiger partial charge in [0, 0.05) is 16.9 Å². The van der Waals surface area contributed by atoms with Gasteiger partial charge in [0.05, 0.1) is 11.8 Å². The van der Waals surface area contributed by atoms with Crippen molar-refractivity contribution in [3.63, 3.8) is 0 Å². The van der Waals surface area contributed by atoms with Gasteiger partial charge in [0.2, 0.25) is 5.95 Å². The lowest BCUT2D eigenvalue weighted by Gasteiger charge is -2.14. The second-order valence-corrected chi connectivity index (χ2v) is 6.45. The molecular formula is C20H19ClN4O2. The lowest BCUT2D eigenvalue weighted by Crippen LogP contribution is -2.16. The summed E-state index contributed by atoms with van der Waals surface area (Å²) < 4.78 is 5.72. The lowest BCUT2D eigenvalue weighted by molar-refractivity contribution is 0.102. The minimum Gasteiger partial charge on any atom is -0.489 e. The van der Waals surface area contributed by atoms with Crippen LogP contribution in [0.15, 0.2) is 60.8 Å². The average molecular weight is 383 g/mol. The summed E-state index contributed by atoms with van der Waals surface area (Å²) in [4.78, 5) is 21.0. The van der Waals surface area contributed by atoms with Crippen molar-refractivity contribution in [2.45, 2.75) is 20.0 Å². The fourth-order valence-corrected chi connectivity index (χ4v) is 2.54. The van der Waals surface area contributed by atoms with Gasteiger partial charge in [0.15, 0.2) is 0 Å². The molecule has 0 bridgehead atoms. The third-order valence-corrected chi connectivity index (χ3v) is 3.70. The number of amides is 1. The van der Waals surface area contributed by atoms with Gasteiger partial charge in [-0.2, -0.15) is 0 Å². The van der Waals surface area contributed by atoms with Crippen LogP contribution < -0.4 is 15.4 Å². The Bertz CT molecular complexity index is 947. The Labute approximate surface area is 162 Å². The second kappa shape index (κ2) is 8.51. The molecule has 1 heterocycles. The molecule has 0 saturated carbocycles. The highest BCUT2D eigenvalue weighted by molar-refractivity contribution is 6.30. The number of nitrogens with zero attached hydrogens (tertiary/aromatic N) is 2. The zero-order chi connectivity index (χ0) is 19.2. The smallest absolute Gasteiger partial charge is 0.274 e. The molecule has 0 radical (unpaired) electrons. The molecule has 138 valence electrons. The maximum atomic E-state index is 12.6. The van der Waals surface area contributed by atoms with Crippen molar-refractivity contribution in [1.82, 2.24) is 9.97 Å². The monoisotopic (exact) mass is 382 g/mol. The van der Waals surface area contributed by atoms with E-state index in [1.807, 2.05) is 44.2 Å². The number of rotatable bonds is 6. The van der Waals surface area contributed by atoms with Crippen LogP contribution in [-0.4, -0.2) is 22.0 Å². The molecule has 7 heteroatoms. The number of anilines is 3. The second-order valence-electron chi connectivity index (χ2n) is 6.02. The normalized spacial score (nSPS) is 10.5. The van der Waals surface area contributed by atoms with Gasteiger partial charge in [0.1, 0.15) is 11.4 Å². The molecule has 0 atom stereocenters. The van der Waals surface area contributed by atoms with Crippen molar-refractivity contribution in [3.05, 3.63) is 71.5 Å². The Hall–Kier alpha value is -3.12. The summed E-state index contributed by atoms with van der Waals surface area (Å²) in [5.41, 5.74) is 1.55. The highest BCUT2D eigenvalue weighted by Crippen LogP contribution is 2.25. The molecule has 0 aliphatic rings. The number of carbonyl (C=O) groups is 1. The van der Waals surface area contributed by atoms with Crippen LogP contribution in [0.1, 0.15) is 24.3 Å². The molecule has 1 aromatic heterocycles. The van der Waals surface area contributed by atoms with Crippen molar-refractivity contribution in [2.75, 3.05) is 10.6 Å². The number of carbonyl (C=O) groups excluding carboxylic acids is 1. The first-order valence-corrected chi connectivity index (χ1v) is 8.82. The Morgan fingerprint density at radius 1 is 1.11 bits per heavy atom. The van der Waals surface area contributed by atoms with Gasteiger partial charge in [-0.05, 0) is 50.2 Å². The van der Waals surface area contributed by atoms with Crippen LogP contribution in [0.2, 0.25) is 5.02 Å².